The van der Waals surface area contributed by atoms with Gasteiger partial charge in [-0.2, -0.15) is 0 Å². The highest BCUT2D eigenvalue weighted by Gasteiger charge is 2.27. The highest BCUT2D eigenvalue weighted by Crippen LogP contribution is 2.43. The Morgan fingerprint density at radius 1 is 0.593 bits per heavy atom. The van der Waals surface area contributed by atoms with E-state index in [2.05, 4.69) is 48.8 Å². The second-order valence-electron chi connectivity index (χ2n) is 14.4. The molecule has 0 aliphatic carbocycles. The van der Waals surface area contributed by atoms with E-state index in [9.17, 15) is 34.4 Å². The molecular weight excluding hydrogens is 775 g/mol. The topological polar surface area (TPSA) is 189 Å². The molecule has 338 valence electrons. The maximum Gasteiger partial charge on any atom is 0.472 e. The summed E-state index contributed by atoms with van der Waals surface area (Å²) in [4.78, 5) is 35.0. The van der Waals surface area contributed by atoms with Crippen LogP contribution in [-0.2, 0) is 32.7 Å². The van der Waals surface area contributed by atoms with Crippen molar-refractivity contribution in [2.45, 2.75) is 167 Å². The van der Waals surface area contributed by atoms with Gasteiger partial charge in [-0.05, 0) is 70.6 Å². The third kappa shape index (κ3) is 40.3. The zero-order chi connectivity index (χ0) is 43.7. The minimum absolute atomic E-state index is 0.0910. The van der Waals surface area contributed by atoms with Crippen LogP contribution in [0.4, 0.5) is 0 Å². The van der Waals surface area contributed by atoms with Crippen molar-refractivity contribution < 1.29 is 58.0 Å². The van der Waals surface area contributed by atoms with Gasteiger partial charge in [0.2, 0.25) is 0 Å². The first kappa shape index (κ1) is 56.1. The first-order valence-electron chi connectivity index (χ1n) is 21.8. The van der Waals surface area contributed by atoms with E-state index in [0.717, 1.165) is 32.1 Å². The van der Waals surface area contributed by atoms with E-state index in [1.54, 1.807) is 36.5 Å². The maximum absolute atomic E-state index is 12.6. The average molecular weight is 853 g/mol. The van der Waals surface area contributed by atoms with Gasteiger partial charge in [-0.25, -0.2) is 4.57 Å². The maximum atomic E-state index is 12.6. The van der Waals surface area contributed by atoms with E-state index < -0.39 is 70.6 Å². The van der Waals surface area contributed by atoms with Gasteiger partial charge in [0.1, 0.15) is 12.7 Å². The zero-order valence-corrected chi connectivity index (χ0v) is 36.8. The molecule has 0 aromatic heterocycles. The van der Waals surface area contributed by atoms with Crippen LogP contribution in [0.15, 0.2) is 85.1 Å². The summed E-state index contributed by atoms with van der Waals surface area (Å²) in [6.07, 6.45) is 40.4. The summed E-state index contributed by atoms with van der Waals surface area (Å²) in [5, 5.41) is 38.6. The van der Waals surface area contributed by atoms with Crippen molar-refractivity contribution in [1.29, 1.82) is 0 Å². The molecule has 0 rings (SSSR count). The quantitative estimate of drug-likeness (QED) is 0.0130. The van der Waals surface area contributed by atoms with Gasteiger partial charge in [-0.1, -0.05) is 144 Å². The van der Waals surface area contributed by atoms with E-state index in [-0.39, 0.29) is 25.7 Å². The molecule has 12 nitrogen and oxygen atoms in total. The summed E-state index contributed by atoms with van der Waals surface area (Å²) < 4.78 is 32.5. The molecule has 0 bridgehead atoms. The minimum atomic E-state index is -4.70. The molecule has 5 atom stereocenters. The third-order valence-corrected chi connectivity index (χ3v) is 9.66. The minimum Gasteiger partial charge on any atom is -0.462 e. The van der Waals surface area contributed by atoms with Crippen LogP contribution >= 0.6 is 7.82 Å². The Labute approximate surface area is 355 Å². The van der Waals surface area contributed by atoms with Crippen LogP contribution in [0.3, 0.4) is 0 Å². The number of aliphatic hydroxyl groups is 4. The predicted octanol–water partition coefficient (Wildman–Crippen LogP) is 9.39. The molecule has 0 saturated heterocycles. The number of phosphoric acid groups is 1. The number of carbonyl (C=O) groups excluding carboxylic acids is 2. The smallest absolute Gasteiger partial charge is 0.462 e. The molecule has 0 heterocycles. The standard InChI is InChI=1S/C46H77O12P/c1-3-5-7-9-11-12-13-14-15-16-17-18-19-20-21-23-29-35-45(51)55-39-44(40-57-59(53,54)56-38-43(50)37-47)58-46(52)36-30-34-42(49)33-28-25-24-27-32-41(48)31-26-22-10-8-6-4-2/h14-15,17-18,20-22,24-28,32-33,41-44,47-50H,3-13,16,19,23,29-31,34-40H2,1-2H3,(H,53,54)/b15-14-,18-17-,21-20-,25-24+,26-22-,32-27+,33-28-/t41-,42-,43-,44+/m0/s1. The molecular formula is C46H77O12P. The largest absolute Gasteiger partial charge is 0.472 e. The molecule has 5 N–H and O–H groups in total. The first-order chi connectivity index (χ1) is 28.5. The lowest BCUT2D eigenvalue weighted by molar-refractivity contribution is -0.161. The van der Waals surface area contributed by atoms with Crippen LogP contribution in [0, 0.1) is 0 Å². The van der Waals surface area contributed by atoms with Crippen molar-refractivity contribution >= 4 is 19.8 Å². The number of ether oxygens (including phenoxy) is 2. The Morgan fingerprint density at radius 3 is 1.78 bits per heavy atom. The van der Waals surface area contributed by atoms with Crippen molar-refractivity contribution in [3.05, 3.63) is 85.1 Å². The number of allylic oxidation sites excluding steroid dienone is 11. The molecule has 0 amide bonds. The van der Waals surface area contributed by atoms with E-state index >= 15 is 0 Å². The fourth-order valence-electron chi connectivity index (χ4n) is 5.26. The molecule has 0 spiro atoms. The lowest BCUT2D eigenvalue weighted by atomic mass is 10.1. The first-order valence-corrected chi connectivity index (χ1v) is 23.3. The van der Waals surface area contributed by atoms with E-state index in [1.807, 2.05) is 18.2 Å². The SMILES string of the molecule is CCCCC/C=C\C[C@H](O)/C=C/C=C/C=C\[C@H](O)CCCC(=O)O[C@H](COC(=O)CCC/C=C\C/C=C\C/C=C\CCCCCCCC)COP(=O)(O)OC[C@@H](O)CO. The van der Waals surface area contributed by atoms with Gasteiger partial charge in [0, 0.05) is 12.8 Å². The molecule has 0 saturated carbocycles. The van der Waals surface area contributed by atoms with Gasteiger partial charge in [-0.3, -0.25) is 18.6 Å². The van der Waals surface area contributed by atoms with Gasteiger partial charge in [0.05, 0.1) is 32.0 Å². The molecule has 0 aliphatic heterocycles. The van der Waals surface area contributed by atoms with Gasteiger partial charge >= 0.3 is 19.8 Å². The monoisotopic (exact) mass is 853 g/mol. The fraction of sp³-hybridized carbons (Fsp3) is 0.652. The van der Waals surface area contributed by atoms with Crippen molar-refractivity contribution in [3.63, 3.8) is 0 Å². The molecule has 0 radical (unpaired) electrons. The second kappa shape index (κ2) is 40.5. The Balaban J connectivity index is 4.66. The van der Waals surface area contributed by atoms with Crippen LogP contribution < -0.4 is 0 Å². The highest BCUT2D eigenvalue weighted by atomic mass is 31.2. The highest BCUT2D eigenvalue weighted by molar-refractivity contribution is 7.47. The van der Waals surface area contributed by atoms with Crippen LogP contribution in [0.25, 0.3) is 0 Å². The van der Waals surface area contributed by atoms with Crippen LogP contribution in [-0.4, -0.2) is 88.1 Å². The Bertz CT molecular complexity index is 1290. The van der Waals surface area contributed by atoms with Crippen LogP contribution in [0.5, 0.6) is 0 Å². The number of hydrogen-bond donors (Lipinski definition) is 5. The van der Waals surface area contributed by atoms with Crippen molar-refractivity contribution in [2.24, 2.45) is 0 Å². The third-order valence-electron chi connectivity index (χ3n) is 8.71. The average Bonchev–Trinajstić information content (AvgIpc) is 3.21. The lowest BCUT2D eigenvalue weighted by Crippen LogP contribution is -2.30. The molecule has 0 aromatic carbocycles. The normalized spacial score (nSPS) is 15.7. The summed E-state index contributed by atoms with van der Waals surface area (Å²) in [6, 6.07) is 0. The Kier molecular flexibility index (Phi) is 38.5. The van der Waals surface area contributed by atoms with Gasteiger partial charge in [0.25, 0.3) is 0 Å². The number of esters is 2. The van der Waals surface area contributed by atoms with E-state index in [1.165, 1.54) is 51.4 Å². The number of aliphatic hydroxyl groups excluding tert-OH is 4. The number of unbranched alkanes of at least 4 members (excludes halogenated alkanes) is 10. The summed E-state index contributed by atoms with van der Waals surface area (Å²) in [6.45, 7) is 1.95. The lowest BCUT2D eigenvalue weighted by Gasteiger charge is -2.20. The Morgan fingerprint density at radius 2 is 1.12 bits per heavy atom. The molecule has 13 heteroatoms. The van der Waals surface area contributed by atoms with Crippen molar-refractivity contribution in [3.8, 4) is 0 Å². The number of hydrogen-bond acceptors (Lipinski definition) is 11. The summed E-state index contributed by atoms with van der Waals surface area (Å²) in [5.74, 6) is -1.24. The summed E-state index contributed by atoms with van der Waals surface area (Å²) >= 11 is 0. The van der Waals surface area contributed by atoms with Crippen molar-refractivity contribution in [1.82, 2.24) is 0 Å². The molecule has 0 aromatic rings. The van der Waals surface area contributed by atoms with Gasteiger partial charge < -0.3 is 34.8 Å². The summed E-state index contributed by atoms with van der Waals surface area (Å²) in [5.41, 5.74) is 0. The Hall–Kier alpha value is -2.93. The summed E-state index contributed by atoms with van der Waals surface area (Å²) in [7, 11) is -4.70. The number of phosphoric ester groups is 1. The van der Waals surface area contributed by atoms with Gasteiger partial charge in [0.15, 0.2) is 6.10 Å². The zero-order valence-electron chi connectivity index (χ0n) is 35.9. The predicted molar refractivity (Wildman–Crippen MR) is 235 cm³/mol. The molecule has 59 heavy (non-hydrogen) atoms. The van der Waals surface area contributed by atoms with Crippen molar-refractivity contribution in [2.75, 3.05) is 26.4 Å². The molecule has 1 unspecified atom stereocenters. The fourth-order valence-corrected chi connectivity index (χ4v) is 6.05. The second-order valence-corrected chi connectivity index (χ2v) is 15.9. The van der Waals surface area contributed by atoms with Crippen LogP contribution in [0.2, 0.25) is 0 Å². The van der Waals surface area contributed by atoms with Crippen LogP contribution in [0.1, 0.15) is 142 Å². The molecule has 0 fully saturated rings. The number of carbonyl (C=O) groups is 2. The van der Waals surface area contributed by atoms with Gasteiger partial charge in [-0.15, -0.1) is 0 Å². The molecule has 0 aliphatic rings. The number of rotatable bonds is 39. The van der Waals surface area contributed by atoms with E-state index in [4.69, 9.17) is 19.1 Å². The van der Waals surface area contributed by atoms with E-state index in [0.29, 0.717) is 19.3 Å².